The van der Waals surface area contributed by atoms with Crippen molar-refractivity contribution in [1.29, 1.82) is 0 Å². The van der Waals surface area contributed by atoms with Crippen LogP contribution in [0.25, 0.3) is 0 Å². The predicted molar refractivity (Wildman–Crippen MR) is 56.9 cm³/mol. The molecule has 2 heterocycles. The summed E-state index contributed by atoms with van der Waals surface area (Å²) in [5.41, 5.74) is 1.45. The summed E-state index contributed by atoms with van der Waals surface area (Å²) < 4.78 is 38.2. The van der Waals surface area contributed by atoms with Crippen molar-refractivity contribution >= 4 is 11.3 Å². The van der Waals surface area contributed by atoms with Crippen molar-refractivity contribution < 1.29 is 13.2 Å². The molecule has 1 aromatic heterocycles. The monoisotopic (exact) mass is 247 g/mol. The summed E-state index contributed by atoms with van der Waals surface area (Å²) in [5, 5.41) is 3.26. The van der Waals surface area contributed by atoms with E-state index in [2.05, 4.69) is 5.32 Å². The van der Waals surface area contributed by atoms with E-state index >= 15 is 0 Å². The Balaban J connectivity index is 2.07. The Hall–Kier alpha value is -0.550. The molecule has 0 radical (unpaired) electrons. The number of hydrogen-bond donors (Lipinski definition) is 1. The number of halogens is 3. The average Bonchev–Trinajstić information content (AvgIpc) is 2.76. The highest BCUT2D eigenvalue weighted by Crippen LogP contribution is 2.50. The summed E-state index contributed by atoms with van der Waals surface area (Å²) in [6.07, 6.45) is -3.36. The molecule has 1 aliphatic heterocycles. The Labute approximate surface area is 95.7 Å². The number of rotatable bonds is 0. The summed E-state index contributed by atoms with van der Waals surface area (Å²) in [5.74, 6) is 0.858. The molecular formula is C11H12F3NS. The highest BCUT2D eigenvalue weighted by Gasteiger charge is 2.43. The van der Waals surface area contributed by atoms with Gasteiger partial charge in [-0.15, -0.1) is 11.3 Å². The van der Waals surface area contributed by atoms with Gasteiger partial charge in [0.1, 0.15) is 4.88 Å². The summed E-state index contributed by atoms with van der Waals surface area (Å²) >= 11 is 0.967. The molecule has 0 amide bonds. The van der Waals surface area contributed by atoms with Crippen molar-refractivity contribution in [2.24, 2.45) is 5.92 Å². The Kier molecular flexibility index (Phi) is 2.14. The molecule has 0 spiro atoms. The average molecular weight is 247 g/mol. The van der Waals surface area contributed by atoms with E-state index in [4.69, 9.17) is 0 Å². The molecule has 16 heavy (non-hydrogen) atoms. The second-order valence-corrected chi connectivity index (χ2v) is 5.68. The van der Waals surface area contributed by atoms with Crippen molar-refractivity contribution in [2.45, 2.75) is 25.4 Å². The van der Waals surface area contributed by atoms with Gasteiger partial charge in [-0.25, -0.2) is 0 Å². The topological polar surface area (TPSA) is 12.0 Å². The van der Waals surface area contributed by atoms with Crippen LogP contribution in [0.3, 0.4) is 0 Å². The molecule has 1 aromatic rings. The Morgan fingerprint density at radius 3 is 2.75 bits per heavy atom. The summed E-state index contributed by atoms with van der Waals surface area (Å²) in [6.45, 7) is 3.41. The second kappa shape index (κ2) is 3.23. The van der Waals surface area contributed by atoms with Crippen LogP contribution in [0.2, 0.25) is 0 Å². The summed E-state index contributed by atoms with van der Waals surface area (Å²) in [4.78, 5) is 0.600. The van der Waals surface area contributed by atoms with Crippen LogP contribution < -0.4 is 5.32 Å². The van der Waals surface area contributed by atoms with Gasteiger partial charge in [-0.3, -0.25) is 0 Å². The minimum Gasteiger partial charge on any atom is -0.316 e. The number of thiophene rings is 1. The van der Waals surface area contributed by atoms with Gasteiger partial charge in [-0.2, -0.15) is 13.2 Å². The van der Waals surface area contributed by atoms with E-state index in [9.17, 15) is 13.2 Å². The minimum absolute atomic E-state index is 0.329. The van der Waals surface area contributed by atoms with Gasteiger partial charge in [0.2, 0.25) is 0 Å². The molecule has 2 atom stereocenters. The zero-order valence-corrected chi connectivity index (χ0v) is 9.63. The molecule has 1 saturated heterocycles. The SMILES string of the molecule is Cc1c(C(F)(F)F)sc2c1CC1CNCC21. The fourth-order valence-electron chi connectivity index (χ4n) is 2.91. The smallest absolute Gasteiger partial charge is 0.316 e. The zero-order valence-electron chi connectivity index (χ0n) is 8.82. The number of fused-ring (bicyclic) bond motifs is 3. The second-order valence-electron chi connectivity index (χ2n) is 4.63. The van der Waals surface area contributed by atoms with Crippen LogP contribution in [0.5, 0.6) is 0 Å². The van der Waals surface area contributed by atoms with Crippen molar-refractivity contribution in [3.8, 4) is 0 Å². The van der Waals surface area contributed by atoms with E-state index in [0.717, 1.165) is 41.3 Å². The molecule has 0 saturated carbocycles. The first-order chi connectivity index (χ1) is 7.48. The van der Waals surface area contributed by atoms with Crippen LogP contribution in [-0.4, -0.2) is 13.1 Å². The lowest BCUT2D eigenvalue weighted by Gasteiger charge is -2.09. The van der Waals surface area contributed by atoms with Gasteiger partial charge in [0.15, 0.2) is 0 Å². The standard InChI is InChI=1S/C11H12F3NS/c1-5-7-2-6-3-15-4-8(6)9(7)16-10(5)11(12,13)14/h6,8,15H,2-4H2,1H3. The van der Waals surface area contributed by atoms with Crippen LogP contribution >= 0.6 is 11.3 Å². The van der Waals surface area contributed by atoms with Crippen molar-refractivity contribution in [3.05, 3.63) is 20.9 Å². The lowest BCUT2D eigenvalue weighted by atomic mass is 10.0. The number of nitrogens with one attached hydrogen (secondary N) is 1. The molecule has 2 aliphatic rings. The highest BCUT2D eigenvalue weighted by molar-refractivity contribution is 7.12. The molecule has 5 heteroatoms. The Morgan fingerprint density at radius 1 is 1.31 bits per heavy atom. The molecule has 88 valence electrons. The minimum atomic E-state index is -4.18. The molecule has 0 bridgehead atoms. The quantitative estimate of drug-likeness (QED) is 0.743. The van der Waals surface area contributed by atoms with Crippen molar-refractivity contribution in [2.75, 3.05) is 13.1 Å². The molecule has 1 aliphatic carbocycles. The summed E-state index contributed by atoms with van der Waals surface area (Å²) in [6, 6.07) is 0. The number of alkyl halides is 3. The maximum absolute atomic E-state index is 12.7. The lowest BCUT2D eigenvalue weighted by Crippen LogP contribution is -2.10. The van der Waals surface area contributed by atoms with Gasteiger partial charge in [-0.05, 0) is 36.9 Å². The summed E-state index contributed by atoms with van der Waals surface area (Å²) in [7, 11) is 0. The van der Waals surface area contributed by atoms with Crippen LogP contribution in [0.4, 0.5) is 13.2 Å². The van der Waals surface area contributed by atoms with E-state index in [1.807, 2.05) is 0 Å². The van der Waals surface area contributed by atoms with Gasteiger partial charge >= 0.3 is 6.18 Å². The van der Waals surface area contributed by atoms with Gasteiger partial charge in [0.25, 0.3) is 0 Å². The normalized spacial score (nSPS) is 28.2. The van der Waals surface area contributed by atoms with Crippen LogP contribution in [0.1, 0.15) is 26.8 Å². The molecule has 0 aromatic carbocycles. The van der Waals surface area contributed by atoms with E-state index in [1.54, 1.807) is 6.92 Å². The van der Waals surface area contributed by atoms with Gasteiger partial charge in [0, 0.05) is 17.3 Å². The van der Waals surface area contributed by atoms with Gasteiger partial charge in [-0.1, -0.05) is 0 Å². The van der Waals surface area contributed by atoms with Crippen molar-refractivity contribution in [1.82, 2.24) is 5.32 Å². The largest absolute Gasteiger partial charge is 0.425 e. The third kappa shape index (κ3) is 1.34. The van der Waals surface area contributed by atoms with Crippen LogP contribution in [-0.2, 0) is 12.6 Å². The number of hydrogen-bond acceptors (Lipinski definition) is 2. The lowest BCUT2D eigenvalue weighted by molar-refractivity contribution is -0.134. The van der Waals surface area contributed by atoms with E-state index in [1.165, 1.54) is 0 Å². The Bertz CT molecular complexity index is 435. The Morgan fingerprint density at radius 2 is 2.06 bits per heavy atom. The highest BCUT2D eigenvalue weighted by atomic mass is 32.1. The molecule has 1 nitrogen and oxygen atoms in total. The first kappa shape index (κ1) is 10.6. The fourth-order valence-corrected chi connectivity index (χ4v) is 4.31. The van der Waals surface area contributed by atoms with Crippen LogP contribution in [0, 0.1) is 12.8 Å². The van der Waals surface area contributed by atoms with Gasteiger partial charge in [0.05, 0.1) is 0 Å². The first-order valence-corrected chi connectivity index (χ1v) is 6.20. The molecule has 2 unspecified atom stereocenters. The molecular weight excluding hydrogens is 235 g/mol. The van der Waals surface area contributed by atoms with Gasteiger partial charge < -0.3 is 5.32 Å². The molecule has 1 fully saturated rings. The third-order valence-corrected chi connectivity index (χ3v) is 5.21. The van der Waals surface area contributed by atoms with E-state index < -0.39 is 6.18 Å². The van der Waals surface area contributed by atoms with Crippen molar-refractivity contribution in [3.63, 3.8) is 0 Å². The fraction of sp³-hybridized carbons (Fsp3) is 0.636. The maximum atomic E-state index is 12.7. The van der Waals surface area contributed by atoms with Crippen LogP contribution in [0.15, 0.2) is 0 Å². The van der Waals surface area contributed by atoms with E-state index in [-0.39, 0.29) is 4.88 Å². The maximum Gasteiger partial charge on any atom is 0.425 e. The molecule has 3 rings (SSSR count). The first-order valence-electron chi connectivity index (χ1n) is 5.38. The molecule has 1 N–H and O–H groups in total. The van der Waals surface area contributed by atoms with E-state index in [0.29, 0.717) is 17.4 Å². The predicted octanol–water partition coefficient (Wildman–Crippen LogP) is 2.93. The third-order valence-electron chi connectivity index (χ3n) is 3.70. The zero-order chi connectivity index (χ0) is 11.5.